The molecule has 3 aromatic carbocycles. The molecule has 0 unspecified atom stereocenters. The van der Waals surface area contributed by atoms with E-state index >= 15 is 0 Å². The summed E-state index contributed by atoms with van der Waals surface area (Å²) in [6.07, 6.45) is 8.82. The molecule has 2 aromatic heterocycles. The number of anilines is 3. The first-order valence-corrected chi connectivity index (χ1v) is 16.4. The van der Waals surface area contributed by atoms with Gasteiger partial charge in [0.05, 0.1) is 19.4 Å². The highest BCUT2D eigenvalue weighted by Gasteiger charge is 2.21. The number of aromatic nitrogens is 4. The fourth-order valence-corrected chi connectivity index (χ4v) is 5.83. The van der Waals surface area contributed by atoms with Crippen LogP contribution in [0.25, 0.3) is 16.8 Å². The van der Waals surface area contributed by atoms with E-state index in [4.69, 9.17) is 14.2 Å². The molecule has 1 saturated heterocycles. The molecule has 6 rings (SSSR count). The van der Waals surface area contributed by atoms with Crippen molar-refractivity contribution in [2.45, 2.75) is 39.5 Å². The van der Waals surface area contributed by atoms with E-state index in [9.17, 15) is 9.18 Å². The summed E-state index contributed by atoms with van der Waals surface area (Å²) in [4.78, 5) is 24.3. The van der Waals surface area contributed by atoms with Crippen LogP contribution in [0, 0.1) is 19.7 Å². The average molecular weight is 666 g/mol. The lowest BCUT2D eigenvalue weighted by Crippen LogP contribution is -2.31. The molecule has 1 aliphatic heterocycles. The highest BCUT2D eigenvalue weighted by molar-refractivity contribution is 5.89. The van der Waals surface area contributed by atoms with Gasteiger partial charge in [0.2, 0.25) is 5.95 Å². The van der Waals surface area contributed by atoms with Crippen LogP contribution >= 0.6 is 0 Å². The zero-order valence-corrected chi connectivity index (χ0v) is 27.9. The van der Waals surface area contributed by atoms with Crippen LogP contribution in [0.5, 0.6) is 17.2 Å². The molecule has 12 heteroatoms. The summed E-state index contributed by atoms with van der Waals surface area (Å²) in [6, 6.07) is 17.5. The van der Waals surface area contributed by atoms with E-state index in [0.29, 0.717) is 23.6 Å². The number of nitrogens with zero attached hydrogens (tertiary/aromatic N) is 5. The molecule has 1 aliphatic rings. The van der Waals surface area contributed by atoms with Crippen molar-refractivity contribution in [3.05, 3.63) is 96.2 Å². The zero-order valence-electron chi connectivity index (χ0n) is 27.9. The lowest BCUT2D eigenvalue weighted by atomic mass is 9.95. The van der Waals surface area contributed by atoms with Crippen molar-refractivity contribution in [1.29, 1.82) is 0 Å². The van der Waals surface area contributed by atoms with Gasteiger partial charge in [0.1, 0.15) is 5.82 Å². The first kappa shape index (κ1) is 33.4. The normalized spacial score (nSPS) is 13.1. The first-order chi connectivity index (χ1) is 23.9. The van der Waals surface area contributed by atoms with Crippen LogP contribution in [0.2, 0.25) is 0 Å². The number of carbonyl (C=O) groups excluding carboxylic acids is 1. The molecule has 1 amide bonds. The first-order valence-electron chi connectivity index (χ1n) is 16.4. The molecule has 11 nitrogen and oxygen atoms in total. The van der Waals surface area contributed by atoms with Gasteiger partial charge in [-0.15, -0.1) is 0 Å². The van der Waals surface area contributed by atoms with Gasteiger partial charge in [-0.1, -0.05) is 24.6 Å². The van der Waals surface area contributed by atoms with Gasteiger partial charge in [-0.3, -0.25) is 5.32 Å². The summed E-state index contributed by atoms with van der Waals surface area (Å²) in [7, 11) is 1.51. The number of halogens is 1. The number of hydrogen-bond donors (Lipinski definition) is 2. The molecule has 0 spiro atoms. The summed E-state index contributed by atoms with van der Waals surface area (Å²) in [5.74, 6) is 0.619. The molecule has 0 bridgehead atoms. The molecule has 1 fully saturated rings. The SMILES string of the molecule is COc1cc(-n2cccn2)cc(-c2cccc(C)c2C)c1OC(=O)Nc1ccnc(Nc2ccc(OCCCN3CCCCC3)c(F)c2)n1. The fourth-order valence-electron chi connectivity index (χ4n) is 5.83. The molecule has 0 aliphatic carbocycles. The minimum absolute atomic E-state index is 0.157. The minimum atomic E-state index is -0.783. The number of piperidine rings is 1. The van der Waals surface area contributed by atoms with E-state index in [1.807, 2.05) is 50.4 Å². The molecule has 3 heterocycles. The Labute approximate surface area is 285 Å². The van der Waals surface area contributed by atoms with Gasteiger partial charge < -0.3 is 24.4 Å². The highest BCUT2D eigenvalue weighted by Crippen LogP contribution is 2.42. The molecule has 254 valence electrons. The van der Waals surface area contributed by atoms with Gasteiger partial charge in [-0.2, -0.15) is 10.1 Å². The van der Waals surface area contributed by atoms with Crippen LogP contribution in [0.4, 0.5) is 26.6 Å². The van der Waals surface area contributed by atoms with Crippen molar-refractivity contribution in [2.75, 3.05) is 44.0 Å². The number of hydrogen-bond acceptors (Lipinski definition) is 9. The maximum atomic E-state index is 14.9. The highest BCUT2D eigenvalue weighted by atomic mass is 19.1. The summed E-state index contributed by atoms with van der Waals surface area (Å²) in [6.45, 7) is 7.69. The number of amides is 1. The van der Waals surface area contributed by atoms with Crippen molar-refractivity contribution >= 4 is 23.5 Å². The van der Waals surface area contributed by atoms with E-state index < -0.39 is 11.9 Å². The monoisotopic (exact) mass is 665 g/mol. The Hall–Kier alpha value is -5.49. The third-order valence-corrected chi connectivity index (χ3v) is 8.52. The molecule has 49 heavy (non-hydrogen) atoms. The summed E-state index contributed by atoms with van der Waals surface area (Å²) < 4.78 is 33.9. The molecular formula is C37H40FN7O4. The zero-order chi connectivity index (χ0) is 34.2. The van der Waals surface area contributed by atoms with Crippen molar-refractivity contribution in [1.82, 2.24) is 24.6 Å². The van der Waals surface area contributed by atoms with E-state index in [-0.39, 0.29) is 23.3 Å². The largest absolute Gasteiger partial charge is 0.493 e. The Morgan fingerprint density at radius 2 is 1.82 bits per heavy atom. The number of ether oxygens (including phenoxy) is 3. The number of methoxy groups -OCH3 is 1. The topological polar surface area (TPSA) is 116 Å². The molecule has 0 radical (unpaired) electrons. The number of nitrogens with one attached hydrogen (secondary N) is 2. The molecule has 0 atom stereocenters. The Morgan fingerprint density at radius 3 is 2.59 bits per heavy atom. The predicted octanol–water partition coefficient (Wildman–Crippen LogP) is 7.70. The lowest BCUT2D eigenvalue weighted by Gasteiger charge is -2.26. The second-order valence-electron chi connectivity index (χ2n) is 11.9. The van der Waals surface area contributed by atoms with Gasteiger partial charge in [-0.25, -0.2) is 18.9 Å². The van der Waals surface area contributed by atoms with Gasteiger partial charge in [0.15, 0.2) is 23.1 Å². The second-order valence-corrected chi connectivity index (χ2v) is 11.9. The third kappa shape index (κ3) is 8.33. The van der Waals surface area contributed by atoms with Crippen LogP contribution < -0.4 is 24.8 Å². The average Bonchev–Trinajstić information content (AvgIpc) is 3.65. The van der Waals surface area contributed by atoms with Gasteiger partial charge >= 0.3 is 6.09 Å². The maximum Gasteiger partial charge on any atom is 0.418 e. The van der Waals surface area contributed by atoms with Crippen LogP contribution in [0.3, 0.4) is 0 Å². The summed E-state index contributed by atoms with van der Waals surface area (Å²) in [5, 5.41) is 10.00. The minimum Gasteiger partial charge on any atom is -0.493 e. The molecular weight excluding hydrogens is 625 g/mol. The third-order valence-electron chi connectivity index (χ3n) is 8.52. The Bertz CT molecular complexity index is 1890. The van der Waals surface area contributed by atoms with Crippen LogP contribution in [-0.2, 0) is 0 Å². The summed E-state index contributed by atoms with van der Waals surface area (Å²) >= 11 is 0. The smallest absolute Gasteiger partial charge is 0.418 e. The standard InChI is InChI=1S/C37H40FN7O4/c1-25-10-7-11-29(26(25)2)30-23-28(45-20-8-15-40-45)24-33(47-3)35(30)49-37(46)43-34-14-16-39-36(42-34)41-27-12-13-32(31(38)22-27)48-21-9-19-44-17-5-4-6-18-44/h7-8,10-16,20,22-24H,4-6,9,17-19,21H2,1-3H3,(H2,39,41,42,43,46). The van der Waals surface area contributed by atoms with E-state index in [2.05, 4.69) is 30.6 Å². The number of benzene rings is 3. The number of aryl methyl sites for hydroxylation is 1. The van der Waals surface area contributed by atoms with Crippen LogP contribution in [0.1, 0.15) is 36.8 Å². The van der Waals surface area contributed by atoms with Crippen LogP contribution in [-0.4, -0.2) is 64.1 Å². The Balaban J connectivity index is 1.13. The van der Waals surface area contributed by atoms with Gasteiger partial charge in [-0.05, 0) is 93.2 Å². The van der Waals surface area contributed by atoms with Crippen molar-refractivity contribution in [2.24, 2.45) is 0 Å². The van der Waals surface area contributed by atoms with Crippen molar-refractivity contribution in [3.63, 3.8) is 0 Å². The quantitative estimate of drug-likeness (QED) is 0.129. The van der Waals surface area contributed by atoms with Crippen LogP contribution in [0.15, 0.2) is 79.3 Å². The van der Waals surface area contributed by atoms with Gasteiger partial charge in [0.25, 0.3) is 0 Å². The fraction of sp³-hybridized carbons (Fsp3) is 0.297. The number of likely N-dealkylation sites (tertiary alicyclic amines) is 1. The van der Waals surface area contributed by atoms with E-state index in [0.717, 1.165) is 48.4 Å². The molecule has 2 N–H and O–H groups in total. The van der Waals surface area contributed by atoms with E-state index in [1.54, 1.807) is 29.1 Å². The van der Waals surface area contributed by atoms with Gasteiger partial charge in [0, 0.05) is 48.5 Å². The predicted molar refractivity (Wildman–Crippen MR) is 187 cm³/mol. The van der Waals surface area contributed by atoms with E-state index in [1.165, 1.54) is 44.7 Å². The molecule has 0 saturated carbocycles. The number of carbonyl (C=O) groups is 1. The Kier molecular flexibility index (Phi) is 10.6. The maximum absolute atomic E-state index is 14.9. The van der Waals surface area contributed by atoms with Crippen molar-refractivity contribution < 1.29 is 23.4 Å². The Morgan fingerprint density at radius 1 is 0.959 bits per heavy atom. The molecule has 5 aromatic rings. The lowest BCUT2D eigenvalue weighted by molar-refractivity contribution is 0.203. The number of rotatable bonds is 12. The summed E-state index contributed by atoms with van der Waals surface area (Å²) in [5.41, 5.74) is 4.82. The second kappa shape index (κ2) is 15.6. The van der Waals surface area contributed by atoms with Crippen molar-refractivity contribution in [3.8, 4) is 34.1 Å².